The number of nitriles is 1. The van der Waals surface area contributed by atoms with Gasteiger partial charge in [0.25, 0.3) is 0 Å². The molecule has 178 valence electrons. The van der Waals surface area contributed by atoms with E-state index >= 15 is 0 Å². The van der Waals surface area contributed by atoms with Gasteiger partial charge in [-0.15, -0.1) is 0 Å². The van der Waals surface area contributed by atoms with E-state index < -0.39 is 0 Å². The summed E-state index contributed by atoms with van der Waals surface area (Å²) in [5.74, 6) is 2.08. The lowest BCUT2D eigenvalue weighted by Crippen LogP contribution is -2.33. The Morgan fingerprint density at radius 1 is 1.06 bits per heavy atom. The van der Waals surface area contributed by atoms with Crippen molar-refractivity contribution >= 4 is 22.3 Å². The molecule has 2 aliphatic heterocycles. The zero-order valence-electron chi connectivity index (χ0n) is 21.1. The standard InChI is InChI=1S/C31H34N4/c1-21(2)15-23-10-11-24(16-26(23)17-32)30-18-33-31(34-30)29-13-12-25(27-8-4-5-9-28(27)29)20-35-14-6-7-22(3)19-35/h4-5,8-13,16,21-22H,6-7,14-15,18-20H2,1-3H3. The van der Waals surface area contributed by atoms with Crippen LogP contribution in [0.15, 0.2) is 64.6 Å². The van der Waals surface area contributed by atoms with Gasteiger partial charge in [-0.05, 0) is 71.2 Å². The van der Waals surface area contributed by atoms with Crippen LogP contribution in [0.4, 0.5) is 0 Å². The predicted octanol–water partition coefficient (Wildman–Crippen LogP) is 6.39. The molecule has 1 atom stereocenters. The SMILES string of the molecule is CC(C)Cc1ccc(C2=NC(c3ccc(CN4CCCC(C)C4)c4ccccc34)=NC2)cc1C#N. The third-order valence-corrected chi connectivity index (χ3v) is 7.20. The highest BCUT2D eigenvalue weighted by molar-refractivity contribution is 6.21. The number of benzene rings is 3. The molecule has 0 amide bonds. The van der Waals surface area contributed by atoms with Gasteiger partial charge in [-0.2, -0.15) is 5.26 Å². The molecule has 0 bridgehead atoms. The largest absolute Gasteiger partial charge is 0.299 e. The first-order valence-electron chi connectivity index (χ1n) is 12.9. The average Bonchev–Trinajstić information content (AvgIpc) is 3.34. The summed E-state index contributed by atoms with van der Waals surface area (Å²) in [7, 11) is 0. The van der Waals surface area contributed by atoms with Crippen LogP contribution >= 0.6 is 0 Å². The van der Waals surface area contributed by atoms with Crippen molar-refractivity contribution in [1.29, 1.82) is 5.26 Å². The number of nitrogens with zero attached hydrogens (tertiary/aromatic N) is 4. The molecule has 4 heteroatoms. The number of fused-ring (bicyclic) bond motifs is 1. The molecule has 5 rings (SSSR count). The number of aliphatic imine (C=N–C) groups is 2. The molecule has 35 heavy (non-hydrogen) atoms. The van der Waals surface area contributed by atoms with Gasteiger partial charge >= 0.3 is 0 Å². The van der Waals surface area contributed by atoms with Gasteiger partial charge in [-0.3, -0.25) is 9.89 Å². The molecule has 4 nitrogen and oxygen atoms in total. The Hall–Kier alpha value is -3.29. The fourth-order valence-corrected chi connectivity index (χ4v) is 5.49. The highest BCUT2D eigenvalue weighted by atomic mass is 15.1. The summed E-state index contributed by atoms with van der Waals surface area (Å²) in [6.07, 6.45) is 3.54. The van der Waals surface area contributed by atoms with Crippen molar-refractivity contribution in [1.82, 2.24) is 4.90 Å². The molecule has 1 saturated heterocycles. The number of amidine groups is 1. The first-order chi connectivity index (χ1) is 17.0. The topological polar surface area (TPSA) is 51.8 Å². The lowest BCUT2D eigenvalue weighted by atomic mass is 9.95. The summed E-state index contributed by atoms with van der Waals surface area (Å²) < 4.78 is 0. The van der Waals surface area contributed by atoms with E-state index in [2.05, 4.69) is 80.3 Å². The molecular weight excluding hydrogens is 428 g/mol. The monoisotopic (exact) mass is 462 g/mol. The molecular formula is C31H34N4. The molecule has 0 aromatic heterocycles. The van der Waals surface area contributed by atoms with Gasteiger partial charge < -0.3 is 0 Å². The van der Waals surface area contributed by atoms with E-state index in [9.17, 15) is 5.26 Å². The molecule has 2 heterocycles. The van der Waals surface area contributed by atoms with Crippen LogP contribution in [0.1, 0.15) is 61.4 Å². The van der Waals surface area contributed by atoms with Crippen LogP contribution in [0, 0.1) is 23.2 Å². The zero-order valence-corrected chi connectivity index (χ0v) is 21.1. The van der Waals surface area contributed by atoms with Crippen molar-refractivity contribution in [2.24, 2.45) is 21.8 Å². The Morgan fingerprint density at radius 2 is 1.86 bits per heavy atom. The number of hydrogen-bond acceptors (Lipinski definition) is 4. The maximum absolute atomic E-state index is 9.68. The number of hydrogen-bond donors (Lipinski definition) is 0. The number of rotatable bonds is 6. The Balaban J connectivity index is 1.44. The highest BCUT2D eigenvalue weighted by Gasteiger charge is 2.20. The second kappa shape index (κ2) is 10.1. The maximum atomic E-state index is 9.68. The zero-order chi connectivity index (χ0) is 24.4. The van der Waals surface area contributed by atoms with Crippen LogP contribution in [0.2, 0.25) is 0 Å². The van der Waals surface area contributed by atoms with Crippen LogP contribution in [-0.4, -0.2) is 36.1 Å². The fourth-order valence-electron chi connectivity index (χ4n) is 5.49. The molecule has 1 fully saturated rings. The minimum Gasteiger partial charge on any atom is -0.299 e. The van der Waals surface area contributed by atoms with Crippen LogP contribution in [0.3, 0.4) is 0 Å². The molecule has 0 aliphatic carbocycles. The van der Waals surface area contributed by atoms with E-state index in [0.717, 1.165) is 52.7 Å². The van der Waals surface area contributed by atoms with Crippen molar-refractivity contribution in [2.45, 2.75) is 46.6 Å². The number of likely N-dealkylation sites (tertiary alicyclic amines) is 1. The molecule has 0 radical (unpaired) electrons. The predicted molar refractivity (Wildman–Crippen MR) is 145 cm³/mol. The summed E-state index contributed by atoms with van der Waals surface area (Å²) in [6, 6.07) is 21.7. The molecule has 0 spiro atoms. The summed E-state index contributed by atoms with van der Waals surface area (Å²) in [5, 5.41) is 12.2. The van der Waals surface area contributed by atoms with Crippen molar-refractivity contribution in [3.8, 4) is 6.07 Å². The molecule has 0 N–H and O–H groups in total. The summed E-state index contributed by atoms with van der Waals surface area (Å²) in [5.41, 5.74) is 6.24. The van der Waals surface area contributed by atoms with Crippen LogP contribution in [0.5, 0.6) is 0 Å². The van der Waals surface area contributed by atoms with E-state index in [1.54, 1.807) is 0 Å². The van der Waals surface area contributed by atoms with Gasteiger partial charge in [-0.25, -0.2) is 4.99 Å². The van der Waals surface area contributed by atoms with Gasteiger partial charge in [0.2, 0.25) is 0 Å². The number of piperidine rings is 1. The van der Waals surface area contributed by atoms with E-state index in [0.29, 0.717) is 12.5 Å². The average molecular weight is 463 g/mol. The normalized spacial score (nSPS) is 18.5. The Kier molecular flexibility index (Phi) is 6.79. The van der Waals surface area contributed by atoms with Crippen LogP contribution < -0.4 is 0 Å². The molecule has 1 unspecified atom stereocenters. The smallest absolute Gasteiger partial charge is 0.155 e. The molecule has 2 aliphatic rings. The first kappa shape index (κ1) is 23.5. The van der Waals surface area contributed by atoms with Crippen molar-refractivity contribution < 1.29 is 0 Å². The quantitative estimate of drug-likeness (QED) is 0.426. The van der Waals surface area contributed by atoms with Crippen molar-refractivity contribution in [3.63, 3.8) is 0 Å². The van der Waals surface area contributed by atoms with E-state index in [4.69, 9.17) is 9.98 Å². The van der Waals surface area contributed by atoms with Crippen LogP contribution in [-0.2, 0) is 13.0 Å². The van der Waals surface area contributed by atoms with Crippen LogP contribution in [0.25, 0.3) is 10.8 Å². The van der Waals surface area contributed by atoms with E-state index in [1.165, 1.54) is 42.3 Å². The fraction of sp³-hybridized carbons (Fsp3) is 0.387. The van der Waals surface area contributed by atoms with E-state index in [1.807, 2.05) is 6.07 Å². The minimum atomic E-state index is 0.515. The van der Waals surface area contributed by atoms with Crippen molar-refractivity contribution in [2.75, 3.05) is 19.6 Å². The van der Waals surface area contributed by atoms with Gasteiger partial charge in [0.05, 0.1) is 23.9 Å². The third kappa shape index (κ3) is 5.06. The Morgan fingerprint density at radius 3 is 2.63 bits per heavy atom. The second-order valence-electron chi connectivity index (χ2n) is 10.6. The van der Waals surface area contributed by atoms with Gasteiger partial charge in [-0.1, -0.05) is 69.3 Å². The minimum absolute atomic E-state index is 0.515. The van der Waals surface area contributed by atoms with E-state index in [-0.39, 0.29) is 0 Å². The molecule has 3 aromatic rings. The first-order valence-corrected chi connectivity index (χ1v) is 12.9. The molecule has 3 aromatic carbocycles. The summed E-state index contributed by atoms with van der Waals surface area (Å²) in [6.45, 7) is 10.6. The third-order valence-electron chi connectivity index (χ3n) is 7.20. The lowest BCUT2D eigenvalue weighted by molar-refractivity contribution is 0.177. The van der Waals surface area contributed by atoms with Gasteiger partial charge in [0.1, 0.15) is 0 Å². The van der Waals surface area contributed by atoms with Gasteiger partial charge in [0.15, 0.2) is 5.84 Å². The maximum Gasteiger partial charge on any atom is 0.155 e. The Bertz CT molecular complexity index is 1340. The molecule has 0 saturated carbocycles. The van der Waals surface area contributed by atoms with Crippen molar-refractivity contribution in [3.05, 3.63) is 82.4 Å². The summed E-state index contributed by atoms with van der Waals surface area (Å²) in [4.78, 5) is 12.4. The second-order valence-corrected chi connectivity index (χ2v) is 10.6. The van der Waals surface area contributed by atoms with Gasteiger partial charge in [0, 0.05) is 18.7 Å². The lowest BCUT2D eigenvalue weighted by Gasteiger charge is -2.31. The Labute approximate surface area is 209 Å². The summed E-state index contributed by atoms with van der Waals surface area (Å²) >= 11 is 0. The highest BCUT2D eigenvalue weighted by Crippen LogP contribution is 2.28.